The number of carbonyl (C=O) groups is 1. The number of aliphatic hydroxyl groups excluding tert-OH is 1. The standard InChI is InChI=1S/C14H25BrF2O3/c1-7-13(6,9-20-10(19)12(4,5)15)14(16,17)11(2,3)8-18/h18H,7-9H2,1-6H3. The van der Waals surface area contributed by atoms with E-state index in [0.717, 1.165) is 0 Å². The summed E-state index contributed by atoms with van der Waals surface area (Å²) in [6, 6.07) is 0. The summed E-state index contributed by atoms with van der Waals surface area (Å²) in [5.41, 5.74) is -3.12. The Kier molecular flexibility index (Phi) is 6.19. The van der Waals surface area contributed by atoms with Crippen LogP contribution in [0.1, 0.15) is 48.0 Å². The fourth-order valence-electron chi connectivity index (χ4n) is 1.73. The van der Waals surface area contributed by atoms with Crippen LogP contribution >= 0.6 is 15.9 Å². The summed E-state index contributed by atoms with van der Waals surface area (Å²) in [5.74, 6) is -3.77. The van der Waals surface area contributed by atoms with Gasteiger partial charge in [-0.15, -0.1) is 0 Å². The van der Waals surface area contributed by atoms with Gasteiger partial charge in [-0.25, -0.2) is 8.78 Å². The van der Waals surface area contributed by atoms with Crippen molar-refractivity contribution in [2.24, 2.45) is 10.8 Å². The number of carbonyl (C=O) groups excluding carboxylic acids is 1. The van der Waals surface area contributed by atoms with Crippen molar-refractivity contribution in [1.82, 2.24) is 0 Å². The fraction of sp³-hybridized carbons (Fsp3) is 0.929. The van der Waals surface area contributed by atoms with Crippen LogP contribution in [0.25, 0.3) is 0 Å². The molecule has 0 amide bonds. The molecule has 120 valence electrons. The molecule has 0 aliphatic rings. The molecular weight excluding hydrogens is 334 g/mol. The van der Waals surface area contributed by atoms with Crippen LogP contribution in [-0.4, -0.2) is 34.5 Å². The van der Waals surface area contributed by atoms with Crippen LogP contribution in [0.5, 0.6) is 0 Å². The maximum Gasteiger partial charge on any atom is 0.322 e. The monoisotopic (exact) mass is 358 g/mol. The number of ether oxygens (including phenoxy) is 1. The predicted molar refractivity (Wildman–Crippen MR) is 78.2 cm³/mol. The van der Waals surface area contributed by atoms with Gasteiger partial charge in [0.1, 0.15) is 10.9 Å². The molecule has 0 bridgehead atoms. The summed E-state index contributed by atoms with van der Waals surface area (Å²) in [6.45, 7) is 7.74. The summed E-state index contributed by atoms with van der Waals surface area (Å²) < 4.78 is 33.4. The average molecular weight is 359 g/mol. The molecule has 0 radical (unpaired) electrons. The quantitative estimate of drug-likeness (QED) is 0.556. The molecule has 0 aromatic heterocycles. The van der Waals surface area contributed by atoms with Crippen molar-refractivity contribution >= 4 is 21.9 Å². The molecule has 1 N–H and O–H groups in total. The van der Waals surface area contributed by atoms with Gasteiger partial charge < -0.3 is 9.84 Å². The van der Waals surface area contributed by atoms with E-state index in [4.69, 9.17) is 4.74 Å². The lowest BCUT2D eigenvalue weighted by Gasteiger charge is -2.44. The molecule has 0 heterocycles. The van der Waals surface area contributed by atoms with Crippen LogP contribution in [-0.2, 0) is 9.53 Å². The highest BCUT2D eigenvalue weighted by atomic mass is 79.9. The second-order valence-corrected chi connectivity index (χ2v) is 8.56. The smallest absolute Gasteiger partial charge is 0.322 e. The summed E-state index contributed by atoms with van der Waals surface area (Å²) in [4.78, 5) is 11.7. The molecule has 20 heavy (non-hydrogen) atoms. The molecule has 0 aromatic rings. The Hall–Kier alpha value is -0.230. The van der Waals surface area contributed by atoms with Gasteiger partial charge in [0.2, 0.25) is 0 Å². The highest BCUT2D eigenvalue weighted by Crippen LogP contribution is 2.50. The molecule has 0 rings (SSSR count). The second-order valence-electron chi connectivity index (χ2n) is 6.58. The number of esters is 1. The van der Waals surface area contributed by atoms with E-state index >= 15 is 0 Å². The number of rotatable bonds is 7. The maximum atomic E-state index is 14.6. The van der Waals surface area contributed by atoms with E-state index in [1.165, 1.54) is 20.8 Å². The number of aliphatic hydroxyl groups is 1. The van der Waals surface area contributed by atoms with Crippen LogP contribution in [0, 0.1) is 10.8 Å². The van der Waals surface area contributed by atoms with E-state index in [1.54, 1.807) is 20.8 Å². The highest BCUT2D eigenvalue weighted by molar-refractivity contribution is 9.10. The summed E-state index contributed by atoms with van der Waals surface area (Å²) in [6.07, 6.45) is 0.124. The van der Waals surface area contributed by atoms with Crippen molar-refractivity contribution in [2.45, 2.75) is 58.2 Å². The van der Waals surface area contributed by atoms with Crippen molar-refractivity contribution in [3.63, 3.8) is 0 Å². The Morgan fingerprint density at radius 3 is 1.95 bits per heavy atom. The molecule has 0 fully saturated rings. The Morgan fingerprint density at radius 1 is 1.20 bits per heavy atom. The minimum absolute atomic E-state index is 0.124. The Balaban J connectivity index is 5.18. The van der Waals surface area contributed by atoms with Gasteiger partial charge in [-0.3, -0.25) is 4.79 Å². The van der Waals surface area contributed by atoms with E-state index in [9.17, 15) is 18.7 Å². The van der Waals surface area contributed by atoms with Crippen LogP contribution in [0.15, 0.2) is 0 Å². The minimum atomic E-state index is -3.18. The number of halogens is 3. The van der Waals surface area contributed by atoms with Gasteiger partial charge in [0.05, 0.1) is 17.4 Å². The molecular formula is C14H25BrF2O3. The Labute approximate surface area is 128 Å². The first-order valence-electron chi connectivity index (χ1n) is 6.60. The van der Waals surface area contributed by atoms with Crippen LogP contribution in [0.4, 0.5) is 8.78 Å². The van der Waals surface area contributed by atoms with Gasteiger partial charge in [0.25, 0.3) is 5.92 Å². The molecule has 6 heteroatoms. The van der Waals surface area contributed by atoms with Crippen molar-refractivity contribution in [2.75, 3.05) is 13.2 Å². The summed E-state index contributed by atoms with van der Waals surface area (Å²) in [5, 5.41) is 9.20. The lowest BCUT2D eigenvalue weighted by atomic mass is 9.69. The van der Waals surface area contributed by atoms with Crippen LogP contribution in [0.3, 0.4) is 0 Å². The Bertz CT molecular complexity index is 351. The third-order valence-corrected chi connectivity index (χ3v) is 4.11. The largest absolute Gasteiger partial charge is 0.464 e. The van der Waals surface area contributed by atoms with Crippen LogP contribution in [0.2, 0.25) is 0 Å². The normalized spacial score (nSPS) is 16.7. The van der Waals surface area contributed by atoms with Crippen molar-refractivity contribution < 1.29 is 23.4 Å². The topological polar surface area (TPSA) is 46.5 Å². The number of hydrogen-bond acceptors (Lipinski definition) is 3. The van der Waals surface area contributed by atoms with E-state index in [-0.39, 0.29) is 6.42 Å². The average Bonchev–Trinajstić information content (AvgIpc) is 2.33. The van der Waals surface area contributed by atoms with E-state index in [0.29, 0.717) is 0 Å². The third-order valence-electron chi connectivity index (χ3n) is 3.79. The summed E-state index contributed by atoms with van der Waals surface area (Å²) >= 11 is 3.14. The van der Waals surface area contributed by atoms with Crippen molar-refractivity contribution in [3.8, 4) is 0 Å². The molecule has 0 aromatic carbocycles. The summed E-state index contributed by atoms with van der Waals surface area (Å²) in [7, 11) is 0. The van der Waals surface area contributed by atoms with Gasteiger partial charge in [0, 0.05) is 0 Å². The van der Waals surface area contributed by atoms with Gasteiger partial charge in [0.15, 0.2) is 0 Å². The molecule has 0 saturated carbocycles. The lowest BCUT2D eigenvalue weighted by molar-refractivity contribution is -0.221. The molecule has 0 spiro atoms. The predicted octanol–water partition coefficient (Wildman–Crippen LogP) is 3.77. The van der Waals surface area contributed by atoms with Gasteiger partial charge in [-0.1, -0.05) is 43.6 Å². The molecule has 3 nitrogen and oxygen atoms in total. The molecule has 0 aliphatic carbocycles. The van der Waals surface area contributed by atoms with Gasteiger partial charge in [-0.05, 0) is 20.3 Å². The number of hydrogen-bond donors (Lipinski definition) is 1. The molecule has 1 atom stereocenters. The Morgan fingerprint density at radius 2 is 1.65 bits per heavy atom. The maximum absolute atomic E-state index is 14.6. The highest BCUT2D eigenvalue weighted by Gasteiger charge is 2.59. The SMILES string of the molecule is CCC(C)(COC(=O)C(C)(C)Br)C(F)(F)C(C)(C)CO. The zero-order valence-corrected chi connectivity index (χ0v) is 14.6. The van der Waals surface area contributed by atoms with E-state index < -0.39 is 40.3 Å². The zero-order chi connectivity index (χ0) is 16.4. The minimum Gasteiger partial charge on any atom is -0.464 e. The molecule has 0 aliphatic heterocycles. The third kappa shape index (κ3) is 3.91. The van der Waals surface area contributed by atoms with Crippen LogP contribution < -0.4 is 0 Å². The molecule has 1 unspecified atom stereocenters. The molecule has 0 saturated heterocycles. The first kappa shape index (κ1) is 19.8. The fourth-order valence-corrected chi connectivity index (χ4v) is 1.84. The first-order valence-corrected chi connectivity index (χ1v) is 7.39. The van der Waals surface area contributed by atoms with Gasteiger partial charge in [-0.2, -0.15) is 0 Å². The van der Waals surface area contributed by atoms with E-state index in [1.807, 2.05) is 0 Å². The van der Waals surface area contributed by atoms with Crippen molar-refractivity contribution in [1.29, 1.82) is 0 Å². The van der Waals surface area contributed by atoms with Gasteiger partial charge >= 0.3 is 5.97 Å². The van der Waals surface area contributed by atoms with Crippen molar-refractivity contribution in [3.05, 3.63) is 0 Å². The first-order chi connectivity index (χ1) is 8.75. The van der Waals surface area contributed by atoms with E-state index in [2.05, 4.69) is 15.9 Å². The lowest BCUT2D eigenvalue weighted by Crippen LogP contribution is -2.54. The second kappa shape index (κ2) is 6.26. The number of alkyl halides is 3. The zero-order valence-electron chi connectivity index (χ0n) is 13.0.